The van der Waals surface area contributed by atoms with Gasteiger partial charge in [-0.1, -0.05) is 35.5 Å². The summed E-state index contributed by atoms with van der Waals surface area (Å²) in [5.74, 6) is 6.48. The van der Waals surface area contributed by atoms with E-state index in [2.05, 4.69) is 15.5 Å². The highest BCUT2D eigenvalue weighted by atomic mass is 35.5. The molecule has 0 bridgehead atoms. The van der Waals surface area contributed by atoms with Gasteiger partial charge in [0.1, 0.15) is 0 Å². The molecule has 1 amide bonds. The summed E-state index contributed by atoms with van der Waals surface area (Å²) in [6, 6.07) is 7.21. The number of carbonyl (C=O) groups excluding carboxylic acids is 1. The first-order valence-corrected chi connectivity index (χ1v) is 8.38. The molecule has 2 aromatic rings. The van der Waals surface area contributed by atoms with E-state index in [1.54, 1.807) is 19.1 Å². The van der Waals surface area contributed by atoms with Crippen molar-refractivity contribution in [1.82, 2.24) is 20.2 Å². The number of hydrogen-bond donors (Lipinski definition) is 2. The number of nitrogens with two attached hydrogens (primary N) is 1. The zero-order chi connectivity index (χ0) is 17.2. The van der Waals surface area contributed by atoms with Gasteiger partial charge in [-0.3, -0.25) is 4.79 Å². The van der Waals surface area contributed by atoms with Crippen molar-refractivity contribution in [2.45, 2.75) is 43.6 Å². The van der Waals surface area contributed by atoms with Gasteiger partial charge in [0.05, 0.1) is 5.25 Å². The molecule has 0 unspecified atom stereocenters. The molecule has 6 nitrogen and oxygen atoms in total. The summed E-state index contributed by atoms with van der Waals surface area (Å²) in [5.41, 5.74) is 0.486. The maximum absolute atomic E-state index is 12.1. The van der Waals surface area contributed by atoms with Crippen molar-refractivity contribution in [3.63, 3.8) is 0 Å². The number of nitrogens with zero attached hydrogens (tertiary/aromatic N) is 3. The number of amides is 1. The predicted octanol–water partition coefficient (Wildman–Crippen LogP) is 2.71. The number of thioether (sulfide) groups is 1. The first-order valence-electron chi connectivity index (χ1n) is 7.12. The molecule has 0 saturated carbocycles. The second-order valence-electron chi connectivity index (χ2n) is 6.19. The van der Waals surface area contributed by atoms with Crippen LogP contribution in [0.4, 0.5) is 0 Å². The van der Waals surface area contributed by atoms with Crippen molar-refractivity contribution in [2.24, 2.45) is 0 Å². The molecule has 124 valence electrons. The van der Waals surface area contributed by atoms with Crippen molar-refractivity contribution in [2.75, 3.05) is 5.84 Å². The van der Waals surface area contributed by atoms with Crippen LogP contribution in [0.25, 0.3) is 11.4 Å². The molecule has 3 N–H and O–H groups in total. The van der Waals surface area contributed by atoms with Gasteiger partial charge in [-0.05, 0) is 39.8 Å². The van der Waals surface area contributed by atoms with E-state index in [4.69, 9.17) is 17.4 Å². The second kappa shape index (κ2) is 6.80. The Balaban J connectivity index is 2.15. The molecule has 1 aromatic carbocycles. The molecule has 0 aliphatic carbocycles. The van der Waals surface area contributed by atoms with Crippen LogP contribution in [-0.2, 0) is 4.79 Å². The van der Waals surface area contributed by atoms with Crippen LogP contribution in [-0.4, -0.2) is 31.6 Å². The molecule has 0 radical (unpaired) electrons. The van der Waals surface area contributed by atoms with Gasteiger partial charge >= 0.3 is 0 Å². The number of halogens is 1. The minimum Gasteiger partial charge on any atom is -0.351 e. The van der Waals surface area contributed by atoms with E-state index in [1.807, 2.05) is 32.9 Å². The first kappa shape index (κ1) is 17.6. The number of aromatic nitrogens is 3. The van der Waals surface area contributed by atoms with Gasteiger partial charge in [-0.15, -0.1) is 10.2 Å². The van der Waals surface area contributed by atoms with E-state index in [9.17, 15) is 4.79 Å². The Morgan fingerprint density at radius 3 is 2.70 bits per heavy atom. The maximum Gasteiger partial charge on any atom is 0.233 e. The third-order valence-corrected chi connectivity index (χ3v) is 4.19. The number of hydrogen-bond acceptors (Lipinski definition) is 5. The van der Waals surface area contributed by atoms with E-state index >= 15 is 0 Å². The second-order valence-corrected chi connectivity index (χ2v) is 7.93. The fraction of sp³-hybridized carbons (Fsp3) is 0.400. The van der Waals surface area contributed by atoms with Crippen LogP contribution in [0.1, 0.15) is 27.7 Å². The zero-order valence-corrected chi connectivity index (χ0v) is 15.1. The number of benzene rings is 1. The average Bonchev–Trinajstić information content (AvgIpc) is 2.78. The lowest BCUT2D eigenvalue weighted by Crippen LogP contribution is -2.44. The predicted molar refractivity (Wildman–Crippen MR) is 93.8 cm³/mol. The minimum atomic E-state index is -0.340. The molecule has 1 atom stereocenters. The molecule has 2 rings (SSSR count). The van der Waals surface area contributed by atoms with Crippen LogP contribution in [0, 0.1) is 0 Å². The van der Waals surface area contributed by atoms with Crippen molar-refractivity contribution >= 4 is 29.3 Å². The Labute approximate surface area is 144 Å². The molecule has 23 heavy (non-hydrogen) atoms. The quantitative estimate of drug-likeness (QED) is 0.652. The molecule has 1 heterocycles. The summed E-state index contributed by atoms with van der Waals surface area (Å²) in [6.07, 6.45) is 0. The number of carbonyl (C=O) groups is 1. The van der Waals surface area contributed by atoms with Gasteiger partial charge in [0, 0.05) is 16.1 Å². The maximum atomic E-state index is 12.1. The smallest absolute Gasteiger partial charge is 0.233 e. The molecular weight excluding hydrogens is 334 g/mol. The third kappa shape index (κ3) is 4.62. The molecule has 1 aromatic heterocycles. The van der Waals surface area contributed by atoms with Crippen LogP contribution in [0.5, 0.6) is 0 Å². The Morgan fingerprint density at radius 1 is 1.39 bits per heavy atom. The van der Waals surface area contributed by atoms with E-state index in [0.717, 1.165) is 5.56 Å². The van der Waals surface area contributed by atoms with Crippen molar-refractivity contribution in [1.29, 1.82) is 0 Å². The fourth-order valence-electron chi connectivity index (χ4n) is 1.86. The molecule has 8 heteroatoms. The monoisotopic (exact) mass is 353 g/mol. The average molecular weight is 354 g/mol. The standard InChI is InChI=1S/C15H20ClN5OS/c1-9(13(22)18-15(2,3)4)23-14-20-19-12(21(14)17)10-6-5-7-11(16)8-10/h5-9H,17H2,1-4H3,(H,18,22)/t9-/m0/s1. The van der Waals surface area contributed by atoms with E-state index < -0.39 is 0 Å². The van der Waals surface area contributed by atoms with Crippen LogP contribution >= 0.6 is 23.4 Å². The van der Waals surface area contributed by atoms with Gasteiger partial charge in [-0.25, -0.2) is 4.68 Å². The molecule has 0 spiro atoms. The Morgan fingerprint density at radius 2 is 2.09 bits per heavy atom. The minimum absolute atomic E-state index is 0.0743. The lowest BCUT2D eigenvalue weighted by molar-refractivity contribution is -0.121. The number of nitrogens with one attached hydrogen (secondary N) is 1. The van der Waals surface area contributed by atoms with Gasteiger partial charge < -0.3 is 11.2 Å². The van der Waals surface area contributed by atoms with Crippen LogP contribution in [0.3, 0.4) is 0 Å². The molecular formula is C15H20ClN5OS. The van der Waals surface area contributed by atoms with E-state index in [1.165, 1.54) is 16.4 Å². The highest BCUT2D eigenvalue weighted by Crippen LogP contribution is 2.26. The normalized spacial score (nSPS) is 12.9. The van der Waals surface area contributed by atoms with E-state index in [0.29, 0.717) is 16.0 Å². The van der Waals surface area contributed by atoms with Crippen molar-refractivity contribution in [3.8, 4) is 11.4 Å². The Hall–Kier alpha value is -1.73. The Bertz CT molecular complexity index is 710. The summed E-state index contributed by atoms with van der Waals surface area (Å²) in [7, 11) is 0. The largest absolute Gasteiger partial charge is 0.351 e. The van der Waals surface area contributed by atoms with Crippen molar-refractivity contribution < 1.29 is 4.79 Å². The fourth-order valence-corrected chi connectivity index (χ4v) is 2.83. The summed E-state index contributed by atoms with van der Waals surface area (Å²) < 4.78 is 1.37. The van der Waals surface area contributed by atoms with Gasteiger partial charge in [0.15, 0.2) is 5.82 Å². The third-order valence-electron chi connectivity index (χ3n) is 2.90. The lowest BCUT2D eigenvalue weighted by atomic mass is 10.1. The van der Waals surface area contributed by atoms with Gasteiger partial charge in [0.2, 0.25) is 11.1 Å². The lowest BCUT2D eigenvalue weighted by Gasteiger charge is -2.22. The van der Waals surface area contributed by atoms with Gasteiger partial charge in [0.25, 0.3) is 0 Å². The van der Waals surface area contributed by atoms with Crippen LogP contribution in [0.2, 0.25) is 5.02 Å². The SMILES string of the molecule is C[C@H](Sc1nnc(-c2cccc(Cl)c2)n1N)C(=O)NC(C)(C)C. The van der Waals surface area contributed by atoms with E-state index in [-0.39, 0.29) is 16.7 Å². The number of nitrogen functional groups attached to an aromatic ring is 1. The summed E-state index contributed by atoms with van der Waals surface area (Å²) in [5, 5.41) is 11.8. The summed E-state index contributed by atoms with van der Waals surface area (Å²) in [4.78, 5) is 12.1. The summed E-state index contributed by atoms with van der Waals surface area (Å²) in [6.45, 7) is 7.61. The molecule has 0 aliphatic heterocycles. The Kier molecular flexibility index (Phi) is 5.21. The zero-order valence-electron chi connectivity index (χ0n) is 13.5. The summed E-state index contributed by atoms with van der Waals surface area (Å²) >= 11 is 7.24. The molecule has 0 aliphatic rings. The highest BCUT2D eigenvalue weighted by molar-refractivity contribution is 8.00. The van der Waals surface area contributed by atoms with Crippen LogP contribution < -0.4 is 11.2 Å². The molecule has 0 saturated heterocycles. The van der Waals surface area contributed by atoms with Crippen molar-refractivity contribution in [3.05, 3.63) is 29.3 Å². The first-order chi connectivity index (χ1) is 10.7. The molecule has 0 fully saturated rings. The van der Waals surface area contributed by atoms with Gasteiger partial charge in [-0.2, -0.15) is 0 Å². The number of rotatable bonds is 4. The topological polar surface area (TPSA) is 85.8 Å². The van der Waals surface area contributed by atoms with Crippen LogP contribution in [0.15, 0.2) is 29.4 Å². The highest BCUT2D eigenvalue weighted by Gasteiger charge is 2.23.